The molecule has 13 nitrogen and oxygen atoms in total. The number of ether oxygens (including phenoxy) is 1. The topological polar surface area (TPSA) is 215 Å². The lowest BCUT2D eigenvalue weighted by molar-refractivity contribution is -0.142. The number of carboxylic acids is 2. The fourth-order valence-corrected chi connectivity index (χ4v) is 4.32. The van der Waals surface area contributed by atoms with E-state index in [4.69, 9.17) is 16.2 Å². The number of rotatable bonds is 11. The van der Waals surface area contributed by atoms with Crippen molar-refractivity contribution >= 4 is 46.7 Å². The number of aliphatic carboxylic acids is 2. The number of anilines is 2. The Morgan fingerprint density at radius 2 is 1.64 bits per heavy atom. The predicted molar refractivity (Wildman–Crippen MR) is 152 cm³/mol. The van der Waals surface area contributed by atoms with Gasteiger partial charge in [0.15, 0.2) is 0 Å². The first-order valence-corrected chi connectivity index (χ1v) is 12.7. The summed E-state index contributed by atoms with van der Waals surface area (Å²) < 4.78 is 5.26. The highest BCUT2D eigenvalue weighted by Crippen LogP contribution is 2.24. The standard InChI is InChI=1S/C29H28N6O7/c1-16(26(37)38)13-21(27(39)40)35(29(41)42-15-18-5-3-2-4-6-18)25(36)19-10-7-17(8-11-19)9-12-20-14-32-24-22(20)23(30)33-28(31)34-24/h2-8,10-11,14,21H,1,9,12-13,15H2,(H,37,38)(H,39,40)(H5,30,31,32,33,34)/t21-/m0/s1. The molecule has 2 heterocycles. The fraction of sp³-hybridized carbons (Fsp3) is 0.172. The van der Waals surface area contributed by atoms with Gasteiger partial charge in [0, 0.05) is 23.8 Å². The van der Waals surface area contributed by atoms with Crippen LogP contribution in [0.4, 0.5) is 16.6 Å². The number of nitrogen functional groups attached to an aromatic ring is 2. The van der Waals surface area contributed by atoms with Crippen LogP contribution >= 0.6 is 0 Å². The van der Waals surface area contributed by atoms with E-state index in [0.717, 1.165) is 11.1 Å². The Kier molecular flexibility index (Phi) is 8.81. The van der Waals surface area contributed by atoms with Crippen molar-refractivity contribution in [3.05, 3.63) is 95.2 Å². The number of nitrogens with one attached hydrogen (secondary N) is 1. The summed E-state index contributed by atoms with van der Waals surface area (Å²) in [6.07, 6.45) is 0.935. The van der Waals surface area contributed by atoms with Crippen molar-refractivity contribution in [2.45, 2.75) is 31.9 Å². The maximum atomic E-state index is 13.5. The van der Waals surface area contributed by atoms with Crippen LogP contribution < -0.4 is 11.5 Å². The highest BCUT2D eigenvalue weighted by atomic mass is 16.6. The Hall–Kier alpha value is -5.72. The highest BCUT2D eigenvalue weighted by molar-refractivity contribution is 6.05. The minimum Gasteiger partial charge on any atom is -0.480 e. The summed E-state index contributed by atoms with van der Waals surface area (Å²) in [7, 11) is 0. The smallest absolute Gasteiger partial charge is 0.417 e. The Morgan fingerprint density at radius 3 is 2.29 bits per heavy atom. The molecule has 216 valence electrons. The number of imide groups is 1. The molecule has 2 aromatic heterocycles. The monoisotopic (exact) mass is 572 g/mol. The Bertz CT molecular complexity index is 1650. The van der Waals surface area contributed by atoms with Gasteiger partial charge in [-0.3, -0.25) is 4.79 Å². The van der Waals surface area contributed by atoms with E-state index in [2.05, 4.69) is 21.5 Å². The Balaban J connectivity index is 1.54. The van der Waals surface area contributed by atoms with Gasteiger partial charge in [0.2, 0.25) is 5.95 Å². The second-order valence-electron chi connectivity index (χ2n) is 9.38. The number of carboxylic acid groups (broad SMARTS) is 2. The van der Waals surface area contributed by atoms with E-state index in [-0.39, 0.29) is 23.9 Å². The number of nitrogens with two attached hydrogens (primary N) is 2. The Labute approximate surface area is 239 Å². The van der Waals surface area contributed by atoms with Crippen LogP contribution in [0, 0.1) is 0 Å². The molecular formula is C29H28N6O7. The van der Waals surface area contributed by atoms with Crippen LogP contribution in [0.15, 0.2) is 72.9 Å². The second kappa shape index (κ2) is 12.6. The van der Waals surface area contributed by atoms with Crippen molar-refractivity contribution in [3.8, 4) is 0 Å². The molecule has 42 heavy (non-hydrogen) atoms. The van der Waals surface area contributed by atoms with Gasteiger partial charge in [-0.25, -0.2) is 19.3 Å². The molecule has 0 aliphatic carbocycles. The zero-order valence-corrected chi connectivity index (χ0v) is 22.3. The zero-order chi connectivity index (χ0) is 30.4. The lowest BCUT2D eigenvalue weighted by Crippen LogP contribution is -2.49. The number of hydrogen-bond donors (Lipinski definition) is 5. The summed E-state index contributed by atoms with van der Waals surface area (Å²) in [5.41, 5.74) is 14.0. The van der Waals surface area contributed by atoms with Gasteiger partial charge >= 0.3 is 18.0 Å². The van der Waals surface area contributed by atoms with E-state index in [9.17, 15) is 29.4 Å². The van der Waals surface area contributed by atoms with Gasteiger partial charge in [-0.2, -0.15) is 9.97 Å². The number of carbonyl (C=O) groups excluding carboxylic acids is 2. The number of H-pyrrole nitrogens is 1. The van der Waals surface area contributed by atoms with Crippen molar-refractivity contribution in [1.29, 1.82) is 0 Å². The van der Waals surface area contributed by atoms with Crippen molar-refractivity contribution in [3.63, 3.8) is 0 Å². The maximum Gasteiger partial charge on any atom is 0.417 e. The molecule has 7 N–H and O–H groups in total. The van der Waals surface area contributed by atoms with E-state index in [0.29, 0.717) is 34.3 Å². The normalized spacial score (nSPS) is 11.5. The molecule has 4 aromatic rings. The van der Waals surface area contributed by atoms with Crippen LogP contribution in [0.25, 0.3) is 11.0 Å². The molecule has 0 unspecified atom stereocenters. The molecule has 4 rings (SSSR count). The first-order chi connectivity index (χ1) is 20.0. The molecule has 0 saturated heterocycles. The minimum absolute atomic E-state index is 0.00260. The third-order valence-electron chi connectivity index (χ3n) is 6.50. The van der Waals surface area contributed by atoms with Gasteiger partial charge in [-0.05, 0) is 41.7 Å². The fourth-order valence-electron chi connectivity index (χ4n) is 4.32. The molecule has 0 radical (unpaired) electrons. The quantitative estimate of drug-likeness (QED) is 0.164. The van der Waals surface area contributed by atoms with Crippen LogP contribution in [0.3, 0.4) is 0 Å². The van der Waals surface area contributed by atoms with Crippen molar-refractivity contribution in [2.24, 2.45) is 0 Å². The van der Waals surface area contributed by atoms with Crippen LogP contribution in [-0.2, 0) is 33.8 Å². The lowest BCUT2D eigenvalue weighted by atomic mass is 10.0. The van der Waals surface area contributed by atoms with E-state index in [1.807, 2.05) is 0 Å². The van der Waals surface area contributed by atoms with Crippen LogP contribution in [0.2, 0.25) is 0 Å². The summed E-state index contributed by atoms with van der Waals surface area (Å²) >= 11 is 0. The molecule has 0 aliphatic heterocycles. The minimum atomic E-state index is -1.87. The largest absolute Gasteiger partial charge is 0.480 e. The van der Waals surface area contributed by atoms with Gasteiger partial charge in [0.1, 0.15) is 24.1 Å². The summed E-state index contributed by atoms with van der Waals surface area (Å²) in [5, 5.41) is 19.8. The summed E-state index contributed by atoms with van der Waals surface area (Å²) in [6.45, 7) is 3.12. The first-order valence-electron chi connectivity index (χ1n) is 12.7. The number of aromatic amines is 1. The van der Waals surface area contributed by atoms with E-state index >= 15 is 0 Å². The number of hydrogen-bond acceptors (Lipinski definition) is 9. The summed E-state index contributed by atoms with van der Waals surface area (Å²) in [4.78, 5) is 61.7. The van der Waals surface area contributed by atoms with E-state index < -0.39 is 42.0 Å². The van der Waals surface area contributed by atoms with Crippen molar-refractivity contribution < 1.29 is 34.1 Å². The number of benzene rings is 2. The molecule has 0 fully saturated rings. The maximum absolute atomic E-state index is 13.5. The third kappa shape index (κ3) is 6.70. The van der Waals surface area contributed by atoms with Gasteiger partial charge in [0.05, 0.1) is 5.39 Å². The average molecular weight is 573 g/mol. The predicted octanol–water partition coefficient (Wildman–Crippen LogP) is 3.17. The summed E-state index contributed by atoms with van der Waals surface area (Å²) in [5.74, 6) is -3.70. The SMILES string of the molecule is C=C(C[C@@H](C(=O)O)N(C(=O)OCc1ccccc1)C(=O)c1ccc(CCc2c[nH]c3nc(N)nc(N)c23)cc1)C(=O)O. The molecule has 0 aliphatic rings. The van der Waals surface area contributed by atoms with Crippen molar-refractivity contribution in [1.82, 2.24) is 19.9 Å². The van der Waals surface area contributed by atoms with Gasteiger partial charge in [-0.1, -0.05) is 49.0 Å². The molecule has 2 amide bonds. The third-order valence-corrected chi connectivity index (χ3v) is 6.50. The molecule has 0 saturated carbocycles. The van der Waals surface area contributed by atoms with E-state index in [1.54, 1.807) is 48.7 Å². The molecule has 2 aromatic carbocycles. The molecule has 1 atom stereocenters. The van der Waals surface area contributed by atoms with Gasteiger partial charge in [0.25, 0.3) is 5.91 Å². The molecule has 13 heteroatoms. The molecule has 0 bridgehead atoms. The highest BCUT2D eigenvalue weighted by Gasteiger charge is 2.38. The molecule has 0 spiro atoms. The van der Waals surface area contributed by atoms with E-state index in [1.165, 1.54) is 12.1 Å². The Morgan fingerprint density at radius 1 is 0.952 bits per heavy atom. The van der Waals surface area contributed by atoms with Crippen LogP contribution in [0.5, 0.6) is 0 Å². The lowest BCUT2D eigenvalue weighted by Gasteiger charge is -2.26. The second-order valence-corrected chi connectivity index (χ2v) is 9.38. The number of aromatic nitrogens is 3. The first kappa shape index (κ1) is 29.3. The van der Waals surface area contributed by atoms with Gasteiger partial charge < -0.3 is 31.4 Å². The van der Waals surface area contributed by atoms with Crippen LogP contribution in [-0.4, -0.2) is 60.0 Å². The zero-order valence-electron chi connectivity index (χ0n) is 22.3. The number of amides is 2. The number of aryl methyl sites for hydroxylation is 2. The average Bonchev–Trinajstić information content (AvgIpc) is 3.38. The van der Waals surface area contributed by atoms with Crippen molar-refractivity contribution in [2.75, 3.05) is 11.5 Å². The van der Waals surface area contributed by atoms with Gasteiger partial charge in [-0.15, -0.1) is 0 Å². The molecular weight excluding hydrogens is 544 g/mol. The number of carbonyl (C=O) groups is 4. The number of fused-ring (bicyclic) bond motifs is 1. The van der Waals surface area contributed by atoms with Crippen LogP contribution in [0.1, 0.15) is 33.5 Å². The summed E-state index contributed by atoms with van der Waals surface area (Å²) in [6, 6.07) is 13.0. The number of nitrogens with zero attached hydrogens (tertiary/aromatic N) is 3.